The summed E-state index contributed by atoms with van der Waals surface area (Å²) in [4.78, 5) is 22.4. The number of fused-ring (bicyclic) bond motifs is 1. The number of anilines is 2. The molecule has 0 radical (unpaired) electrons. The number of aromatic nitrogens is 3. The first-order valence-electron chi connectivity index (χ1n) is 12.8. The summed E-state index contributed by atoms with van der Waals surface area (Å²) in [6.07, 6.45) is 6.73. The Bertz CT molecular complexity index is 1290. The van der Waals surface area contributed by atoms with Crippen molar-refractivity contribution in [2.45, 2.75) is 31.7 Å². The number of carbonyl (C=O) groups is 1. The van der Waals surface area contributed by atoms with Crippen molar-refractivity contribution in [3.05, 3.63) is 47.4 Å². The first-order valence-corrected chi connectivity index (χ1v) is 13.2. The highest BCUT2D eigenvalue weighted by Crippen LogP contribution is 2.54. The van der Waals surface area contributed by atoms with Crippen LogP contribution in [0.4, 0.5) is 11.5 Å². The Balaban J connectivity index is 1.16. The van der Waals surface area contributed by atoms with Gasteiger partial charge >= 0.3 is 0 Å². The molecule has 1 aliphatic carbocycles. The molecule has 2 saturated heterocycles. The molecule has 2 aliphatic heterocycles. The van der Waals surface area contributed by atoms with E-state index in [-0.39, 0.29) is 29.2 Å². The molecular formula is C27H33ClN6O2. The molecule has 3 aromatic rings. The van der Waals surface area contributed by atoms with Gasteiger partial charge in [-0.15, -0.1) is 0 Å². The van der Waals surface area contributed by atoms with Crippen molar-refractivity contribution < 1.29 is 9.53 Å². The third-order valence-corrected chi connectivity index (χ3v) is 8.71. The van der Waals surface area contributed by atoms with Crippen LogP contribution in [0.15, 0.2) is 36.8 Å². The van der Waals surface area contributed by atoms with E-state index in [0.29, 0.717) is 5.82 Å². The van der Waals surface area contributed by atoms with Crippen LogP contribution in [0.5, 0.6) is 0 Å². The van der Waals surface area contributed by atoms with Gasteiger partial charge in [-0.1, -0.05) is 18.5 Å². The summed E-state index contributed by atoms with van der Waals surface area (Å²) in [7, 11) is 1.90. The normalized spacial score (nSPS) is 28.6. The second-order valence-corrected chi connectivity index (χ2v) is 11.2. The van der Waals surface area contributed by atoms with Gasteiger partial charge in [-0.2, -0.15) is 5.10 Å². The van der Waals surface area contributed by atoms with Crippen LogP contribution in [0.25, 0.3) is 10.8 Å². The Morgan fingerprint density at radius 3 is 2.67 bits per heavy atom. The van der Waals surface area contributed by atoms with Crippen LogP contribution in [-0.2, 0) is 16.6 Å². The minimum atomic E-state index is -0.0594. The summed E-state index contributed by atoms with van der Waals surface area (Å²) in [5.74, 6) is 1.02. The Morgan fingerprint density at radius 2 is 1.97 bits per heavy atom. The van der Waals surface area contributed by atoms with Crippen LogP contribution in [0.1, 0.15) is 31.7 Å². The molecule has 3 aliphatic rings. The predicted molar refractivity (Wildman–Crippen MR) is 142 cm³/mol. The topological polar surface area (TPSA) is 75.5 Å². The van der Waals surface area contributed by atoms with Gasteiger partial charge in [0.25, 0.3) is 0 Å². The maximum Gasteiger partial charge on any atom is 0.229 e. The van der Waals surface area contributed by atoms with Gasteiger partial charge < -0.3 is 15.0 Å². The smallest absolute Gasteiger partial charge is 0.229 e. The maximum absolute atomic E-state index is 13.0. The van der Waals surface area contributed by atoms with Crippen LogP contribution in [0, 0.1) is 11.8 Å². The molecule has 6 rings (SSSR count). The maximum atomic E-state index is 13.0. The van der Waals surface area contributed by atoms with Crippen LogP contribution < -0.4 is 10.2 Å². The summed E-state index contributed by atoms with van der Waals surface area (Å²) in [5.41, 5.74) is 2.30. The van der Waals surface area contributed by atoms with Gasteiger partial charge in [-0.25, -0.2) is 4.98 Å². The van der Waals surface area contributed by atoms with Crippen molar-refractivity contribution in [1.29, 1.82) is 0 Å². The van der Waals surface area contributed by atoms with E-state index in [0.717, 1.165) is 72.9 Å². The Labute approximate surface area is 216 Å². The lowest BCUT2D eigenvalue weighted by Crippen LogP contribution is -2.56. The summed E-state index contributed by atoms with van der Waals surface area (Å²) in [5, 5.41) is 10.0. The molecule has 4 atom stereocenters. The van der Waals surface area contributed by atoms with E-state index >= 15 is 0 Å². The molecule has 2 aromatic heterocycles. The minimum Gasteiger partial charge on any atom is -0.379 e. The number of nitrogens with zero attached hydrogens (tertiary/aromatic N) is 5. The number of halogens is 1. The lowest BCUT2D eigenvalue weighted by molar-refractivity contribution is -0.117. The van der Waals surface area contributed by atoms with E-state index in [1.807, 2.05) is 31.6 Å². The lowest BCUT2D eigenvalue weighted by atomic mass is 9.98. The summed E-state index contributed by atoms with van der Waals surface area (Å²) in [6.45, 7) is 9.91. The quantitative estimate of drug-likeness (QED) is 0.563. The average Bonchev–Trinajstić information content (AvgIpc) is 3.15. The molecule has 1 saturated carbocycles. The fourth-order valence-electron chi connectivity index (χ4n) is 6.05. The first kappa shape index (κ1) is 23.7. The molecule has 1 aromatic carbocycles. The summed E-state index contributed by atoms with van der Waals surface area (Å²) < 4.78 is 7.45. The molecule has 1 N–H and O–H groups in total. The summed E-state index contributed by atoms with van der Waals surface area (Å²) >= 11 is 6.71. The standard InChI is InChI=1S/C27H33ClN6O2/c1-17-24(20-14-30-32(3)15-20)25(17)26(35)31-23-12-18-11-22(21(28)10-19(18)13-29-23)33-5-7-34(8-6-33)27(2)4-9-36-16-27/h10-15,17,24-25H,4-9,16H2,1-3H3,(H,29,31,35)/t17-,24+,25-,27-/m1/s1. The third-order valence-electron chi connectivity index (χ3n) is 8.41. The largest absolute Gasteiger partial charge is 0.379 e. The Hall–Kier alpha value is -2.68. The van der Waals surface area contributed by atoms with E-state index < -0.39 is 0 Å². The molecule has 1 amide bonds. The molecule has 4 heterocycles. The van der Waals surface area contributed by atoms with Gasteiger partial charge in [0, 0.05) is 75.0 Å². The molecule has 8 nitrogen and oxygen atoms in total. The summed E-state index contributed by atoms with van der Waals surface area (Å²) in [6, 6.07) is 6.06. The lowest BCUT2D eigenvalue weighted by Gasteiger charge is -2.44. The van der Waals surface area contributed by atoms with E-state index in [1.165, 1.54) is 0 Å². The number of amides is 1. The van der Waals surface area contributed by atoms with Crippen molar-refractivity contribution >= 4 is 39.8 Å². The Kier molecular flexibility index (Phi) is 5.93. The Morgan fingerprint density at radius 1 is 1.17 bits per heavy atom. The minimum absolute atomic E-state index is 0.0119. The van der Waals surface area contributed by atoms with E-state index in [4.69, 9.17) is 16.3 Å². The first-order chi connectivity index (χ1) is 17.3. The van der Waals surface area contributed by atoms with E-state index in [2.05, 4.69) is 45.1 Å². The molecular weight excluding hydrogens is 476 g/mol. The number of nitrogens with one attached hydrogen (secondary N) is 1. The van der Waals surface area contributed by atoms with Gasteiger partial charge in [-0.3, -0.25) is 14.4 Å². The number of piperazine rings is 1. The number of hydrogen-bond donors (Lipinski definition) is 1. The zero-order chi connectivity index (χ0) is 25.0. The monoisotopic (exact) mass is 508 g/mol. The number of pyridine rings is 1. The van der Waals surface area contributed by atoms with E-state index in [9.17, 15) is 4.79 Å². The molecule has 190 valence electrons. The number of hydrogen-bond acceptors (Lipinski definition) is 6. The van der Waals surface area contributed by atoms with Gasteiger partial charge in [0.15, 0.2) is 0 Å². The zero-order valence-corrected chi connectivity index (χ0v) is 21.8. The highest BCUT2D eigenvalue weighted by atomic mass is 35.5. The fraction of sp³-hybridized carbons (Fsp3) is 0.519. The highest BCUT2D eigenvalue weighted by molar-refractivity contribution is 6.34. The van der Waals surface area contributed by atoms with E-state index in [1.54, 1.807) is 10.9 Å². The van der Waals surface area contributed by atoms with Gasteiger partial charge in [-0.05, 0) is 48.4 Å². The third kappa shape index (κ3) is 4.25. The highest BCUT2D eigenvalue weighted by Gasteiger charge is 2.53. The molecule has 3 fully saturated rings. The van der Waals surface area contributed by atoms with Crippen molar-refractivity contribution in [1.82, 2.24) is 19.7 Å². The number of aryl methyl sites for hydroxylation is 1. The van der Waals surface area contributed by atoms with Gasteiger partial charge in [0.1, 0.15) is 5.82 Å². The number of ether oxygens (including phenoxy) is 1. The zero-order valence-electron chi connectivity index (χ0n) is 21.1. The van der Waals surface area contributed by atoms with Crippen LogP contribution in [0.3, 0.4) is 0 Å². The van der Waals surface area contributed by atoms with Crippen LogP contribution in [-0.4, -0.2) is 70.5 Å². The number of rotatable bonds is 5. The molecule has 0 bridgehead atoms. The molecule has 0 spiro atoms. The SMILES string of the molecule is C[C@H]1[C@@H](C(=O)Nc2cc3cc(N4CCN([C@]5(C)CCOC5)CC4)c(Cl)cc3cn2)[C@@H]1c1cnn(C)c1. The molecule has 0 unspecified atom stereocenters. The van der Waals surface area contributed by atoms with Crippen LogP contribution in [0.2, 0.25) is 5.02 Å². The number of carbonyl (C=O) groups excluding carboxylic acids is 1. The average molecular weight is 509 g/mol. The van der Waals surface area contributed by atoms with Crippen LogP contribution >= 0.6 is 11.6 Å². The number of benzene rings is 1. The second kappa shape index (κ2) is 9.01. The molecule has 36 heavy (non-hydrogen) atoms. The molecule has 9 heteroatoms. The van der Waals surface area contributed by atoms with Crippen molar-refractivity contribution in [3.63, 3.8) is 0 Å². The van der Waals surface area contributed by atoms with Crippen molar-refractivity contribution in [2.75, 3.05) is 49.6 Å². The predicted octanol–water partition coefficient (Wildman–Crippen LogP) is 3.91. The van der Waals surface area contributed by atoms with Gasteiger partial charge in [0.2, 0.25) is 5.91 Å². The second-order valence-electron chi connectivity index (χ2n) is 10.8. The fourth-order valence-corrected chi connectivity index (χ4v) is 6.35. The van der Waals surface area contributed by atoms with Crippen molar-refractivity contribution in [2.24, 2.45) is 18.9 Å². The van der Waals surface area contributed by atoms with Gasteiger partial charge in [0.05, 0.1) is 23.5 Å². The van der Waals surface area contributed by atoms with Crippen molar-refractivity contribution in [3.8, 4) is 0 Å².